The summed E-state index contributed by atoms with van der Waals surface area (Å²) in [6.07, 6.45) is 6.30. The first-order valence-corrected chi connectivity index (χ1v) is 11.9. The zero-order chi connectivity index (χ0) is 22.3. The molecule has 2 fully saturated rings. The lowest BCUT2D eigenvalue weighted by atomic mass is 10.2. The number of fused-ring (bicyclic) bond motifs is 1. The number of nitrogens with one attached hydrogen (secondary N) is 1. The normalized spacial score (nSPS) is 18.0. The van der Waals surface area contributed by atoms with Gasteiger partial charge in [-0.2, -0.15) is 0 Å². The van der Waals surface area contributed by atoms with E-state index in [4.69, 9.17) is 0 Å². The van der Waals surface area contributed by atoms with E-state index in [0.29, 0.717) is 55.6 Å². The fourth-order valence-corrected chi connectivity index (χ4v) is 4.59. The van der Waals surface area contributed by atoms with Gasteiger partial charge < -0.3 is 14.8 Å². The van der Waals surface area contributed by atoms with Crippen LogP contribution in [0, 0.1) is 0 Å². The van der Waals surface area contributed by atoms with Crippen LogP contribution in [0.5, 0.6) is 0 Å². The van der Waals surface area contributed by atoms with Crippen molar-refractivity contribution in [3.8, 4) is 0 Å². The zero-order valence-electron chi connectivity index (χ0n) is 18.7. The van der Waals surface area contributed by atoms with Gasteiger partial charge >= 0.3 is 0 Å². The van der Waals surface area contributed by atoms with Crippen molar-refractivity contribution in [3.63, 3.8) is 0 Å². The van der Waals surface area contributed by atoms with Crippen LogP contribution in [-0.4, -0.2) is 82.3 Å². The third kappa shape index (κ3) is 5.73. The van der Waals surface area contributed by atoms with E-state index in [1.807, 2.05) is 28.0 Å². The molecule has 0 bridgehead atoms. The summed E-state index contributed by atoms with van der Waals surface area (Å²) in [5, 5.41) is 0.583. The molecule has 2 saturated heterocycles. The molecule has 1 aromatic heterocycles. The average molecular weight is 440 g/mol. The minimum Gasteiger partial charge on any atom is -0.342 e. The Morgan fingerprint density at radius 1 is 0.875 bits per heavy atom. The van der Waals surface area contributed by atoms with Crippen molar-refractivity contribution >= 4 is 22.7 Å². The van der Waals surface area contributed by atoms with Crippen LogP contribution in [0.1, 0.15) is 44.3 Å². The molecular formula is C24H33N5O3. The number of aryl methyl sites for hydroxylation is 1. The lowest BCUT2D eigenvalue weighted by Gasteiger charge is -2.35. The number of para-hydroxylation sites is 1. The van der Waals surface area contributed by atoms with Crippen molar-refractivity contribution in [1.82, 2.24) is 24.7 Å². The van der Waals surface area contributed by atoms with E-state index < -0.39 is 0 Å². The monoisotopic (exact) mass is 439 g/mol. The van der Waals surface area contributed by atoms with Crippen molar-refractivity contribution in [2.75, 3.05) is 45.8 Å². The quantitative estimate of drug-likeness (QED) is 0.741. The molecule has 0 unspecified atom stereocenters. The molecule has 0 atom stereocenters. The number of amides is 2. The second kappa shape index (κ2) is 10.7. The van der Waals surface area contributed by atoms with Crippen LogP contribution in [0.4, 0.5) is 0 Å². The molecule has 4 rings (SSSR count). The topological polar surface area (TPSA) is 89.6 Å². The maximum atomic E-state index is 12.6. The highest BCUT2D eigenvalue weighted by molar-refractivity contribution is 5.79. The Labute approximate surface area is 188 Å². The van der Waals surface area contributed by atoms with Gasteiger partial charge in [-0.25, -0.2) is 4.98 Å². The summed E-state index contributed by atoms with van der Waals surface area (Å²) >= 11 is 0. The highest BCUT2D eigenvalue weighted by Crippen LogP contribution is 2.12. The Hall–Kier alpha value is -2.74. The predicted molar refractivity (Wildman–Crippen MR) is 123 cm³/mol. The number of carbonyl (C=O) groups is 2. The van der Waals surface area contributed by atoms with Gasteiger partial charge in [0.15, 0.2) is 0 Å². The number of carbonyl (C=O) groups excluding carboxylic acids is 2. The summed E-state index contributed by atoms with van der Waals surface area (Å²) in [6.45, 7) is 5.04. The van der Waals surface area contributed by atoms with Crippen molar-refractivity contribution in [2.45, 2.75) is 44.9 Å². The number of nitrogens with zero attached hydrogens (tertiary/aromatic N) is 4. The molecule has 0 aliphatic carbocycles. The highest BCUT2D eigenvalue weighted by atomic mass is 16.2. The van der Waals surface area contributed by atoms with E-state index in [1.165, 1.54) is 12.8 Å². The number of benzene rings is 1. The van der Waals surface area contributed by atoms with Crippen molar-refractivity contribution in [2.24, 2.45) is 0 Å². The summed E-state index contributed by atoms with van der Waals surface area (Å²) in [4.78, 5) is 50.8. The van der Waals surface area contributed by atoms with Crippen LogP contribution in [0.2, 0.25) is 0 Å². The van der Waals surface area contributed by atoms with Gasteiger partial charge in [0.1, 0.15) is 5.82 Å². The maximum absolute atomic E-state index is 12.6. The number of piperazine rings is 1. The maximum Gasteiger partial charge on any atom is 0.258 e. The van der Waals surface area contributed by atoms with Gasteiger partial charge in [0.2, 0.25) is 11.8 Å². The molecule has 2 aliphatic heterocycles. The summed E-state index contributed by atoms with van der Waals surface area (Å²) in [7, 11) is 0. The Bertz CT molecular complexity index is 989. The summed E-state index contributed by atoms with van der Waals surface area (Å²) in [6, 6.07) is 7.28. The van der Waals surface area contributed by atoms with Gasteiger partial charge in [-0.15, -0.1) is 0 Å². The second-order valence-electron chi connectivity index (χ2n) is 8.84. The third-order valence-corrected chi connectivity index (χ3v) is 6.51. The van der Waals surface area contributed by atoms with Gasteiger partial charge in [-0.3, -0.25) is 19.3 Å². The Morgan fingerprint density at radius 2 is 1.56 bits per heavy atom. The van der Waals surface area contributed by atoms with Crippen LogP contribution in [0.3, 0.4) is 0 Å². The van der Waals surface area contributed by atoms with E-state index in [1.54, 1.807) is 6.07 Å². The smallest absolute Gasteiger partial charge is 0.258 e. The summed E-state index contributed by atoms with van der Waals surface area (Å²) in [5.74, 6) is 0.980. The fourth-order valence-electron chi connectivity index (χ4n) is 4.59. The molecular weight excluding hydrogens is 406 g/mol. The van der Waals surface area contributed by atoms with Gasteiger partial charge in [0, 0.05) is 52.1 Å². The standard InChI is InChI=1S/C24H33N5O3/c30-22(11-7-10-21-25-20-9-4-3-8-19(20)24(32)26-21)29-16-14-27(15-17-29)18-23(31)28-12-5-1-2-6-13-28/h3-4,8-9H,1-2,5-7,10-18H2,(H,25,26,32). The number of H-pyrrole nitrogens is 1. The number of hydrogen-bond donors (Lipinski definition) is 1. The Morgan fingerprint density at radius 3 is 2.31 bits per heavy atom. The minimum atomic E-state index is -0.136. The van der Waals surface area contributed by atoms with Gasteiger partial charge in [-0.05, 0) is 31.4 Å². The number of aromatic amines is 1. The first kappa shape index (κ1) is 22.5. The molecule has 0 radical (unpaired) electrons. The van der Waals surface area contributed by atoms with Crippen molar-refractivity contribution < 1.29 is 9.59 Å². The summed E-state index contributed by atoms with van der Waals surface area (Å²) in [5.41, 5.74) is 0.547. The van der Waals surface area contributed by atoms with Crippen LogP contribution in [-0.2, 0) is 16.0 Å². The van der Waals surface area contributed by atoms with Crippen LogP contribution < -0.4 is 5.56 Å². The molecule has 172 valence electrons. The van der Waals surface area contributed by atoms with Crippen molar-refractivity contribution in [3.05, 3.63) is 40.4 Å². The van der Waals surface area contributed by atoms with E-state index in [0.717, 1.165) is 39.0 Å². The van der Waals surface area contributed by atoms with Crippen molar-refractivity contribution in [1.29, 1.82) is 0 Å². The Kier molecular flexibility index (Phi) is 7.52. The molecule has 3 heterocycles. The SMILES string of the molecule is O=C(CCCc1nc2ccccc2c(=O)[nH]1)N1CCN(CC(=O)N2CCCCCC2)CC1. The molecule has 32 heavy (non-hydrogen) atoms. The first-order chi connectivity index (χ1) is 15.6. The van der Waals surface area contributed by atoms with Gasteiger partial charge in [0.25, 0.3) is 5.56 Å². The molecule has 1 N–H and O–H groups in total. The lowest BCUT2D eigenvalue weighted by molar-refractivity contribution is -0.135. The molecule has 8 nitrogen and oxygen atoms in total. The lowest BCUT2D eigenvalue weighted by Crippen LogP contribution is -2.51. The number of aromatic nitrogens is 2. The van der Waals surface area contributed by atoms with E-state index in [-0.39, 0.29) is 17.4 Å². The zero-order valence-corrected chi connectivity index (χ0v) is 18.7. The molecule has 2 amide bonds. The Balaban J connectivity index is 1.19. The van der Waals surface area contributed by atoms with Gasteiger partial charge in [0.05, 0.1) is 17.4 Å². The number of likely N-dealkylation sites (tertiary alicyclic amines) is 1. The van der Waals surface area contributed by atoms with E-state index in [9.17, 15) is 14.4 Å². The third-order valence-electron chi connectivity index (χ3n) is 6.51. The fraction of sp³-hybridized carbons (Fsp3) is 0.583. The van der Waals surface area contributed by atoms with E-state index >= 15 is 0 Å². The molecule has 0 spiro atoms. The number of hydrogen-bond acceptors (Lipinski definition) is 5. The highest BCUT2D eigenvalue weighted by Gasteiger charge is 2.24. The largest absolute Gasteiger partial charge is 0.342 e. The number of rotatable bonds is 6. The molecule has 0 saturated carbocycles. The first-order valence-electron chi connectivity index (χ1n) is 11.9. The van der Waals surface area contributed by atoms with E-state index in [2.05, 4.69) is 14.9 Å². The molecule has 2 aromatic rings. The van der Waals surface area contributed by atoms with Crippen LogP contribution >= 0.6 is 0 Å². The average Bonchev–Trinajstić information content (AvgIpc) is 3.09. The molecule has 2 aliphatic rings. The van der Waals surface area contributed by atoms with Crippen LogP contribution in [0.15, 0.2) is 29.1 Å². The summed E-state index contributed by atoms with van der Waals surface area (Å²) < 4.78 is 0. The molecule has 1 aromatic carbocycles. The second-order valence-corrected chi connectivity index (χ2v) is 8.84. The van der Waals surface area contributed by atoms with Gasteiger partial charge in [-0.1, -0.05) is 25.0 Å². The molecule has 8 heteroatoms. The minimum absolute atomic E-state index is 0.131. The predicted octanol–water partition coefficient (Wildman–Crippen LogP) is 1.79. The van der Waals surface area contributed by atoms with Crippen LogP contribution in [0.25, 0.3) is 10.9 Å².